The molecule has 168 valence electrons. The number of amides is 1. The van der Waals surface area contributed by atoms with Crippen LogP contribution in [0.2, 0.25) is 0 Å². The summed E-state index contributed by atoms with van der Waals surface area (Å²) < 4.78 is 10.7. The van der Waals surface area contributed by atoms with Crippen LogP contribution < -0.4 is 10.4 Å². The van der Waals surface area contributed by atoms with Gasteiger partial charge in [-0.1, -0.05) is 0 Å². The molecule has 1 aromatic carbocycles. The molecule has 1 amide bonds. The van der Waals surface area contributed by atoms with Gasteiger partial charge in [0.15, 0.2) is 0 Å². The Morgan fingerprint density at radius 1 is 1.19 bits per heavy atom. The molecule has 2 aromatic rings. The number of rotatable bonds is 5. The Morgan fingerprint density at radius 2 is 1.97 bits per heavy atom. The lowest BCUT2D eigenvalue weighted by molar-refractivity contribution is -0.133. The van der Waals surface area contributed by atoms with Crippen molar-refractivity contribution in [2.75, 3.05) is 53.4 Å². The molecule has 0 radical (unpaired) electrons. The number of likely N-dealkylation sites (tertiary alicyclic amines) is 1. The highest BCUT2D eigenvalue weighted by molar-refractivity contribution is 5.82. The molecule has 7 nitrogen and oxygen atoms in total. The fraction of sp³-hybridized carbons (Fsp3) is 0.583. The lowest BCUT2D eigenvalue weighted by Crippen LogP contribution is -2.55. The highest BCUT2D eigenvalue weighted by Gasteiger charge is 2.28. The summed E-state index contributed by atoms with van der Waals surface area (Å²) in [6.45, 7) is 7.63. The number of piperidine rings is 1. The number of fused-ring (bicyclic) bond motifs is 1. The number of methoxy groups -OCH3 is 1. The number of hydrogen-bond acceptors (Lipinski definition) is 6. The van der Waals surface area contributed by atoms with Crippen LogP contribution in [0.1, 0.15) is 30.4 Å². The van der Waals surface area contributed by atoms with Gasteiger partial charge in [0.25, 0.3) is 0 Å². The van der Waals surface area contributed by atoms with Crippen LogP contribution in [-0.2, 0) is 11.2 Å². The van der Waals surface area contributed by atoms with Gasteiger partial charge < -0.3 is 19.0 Å². The summed E-state index contributed by atoms with van der Waals surface area (Å²) in [4.78, 5) is 32.3. The molecule has 31 heavy (non-hydrogen) atoms. The van der Waals surface area contributed by atoms with E-state index in [1.54, 1.807) is 13.2 Å². The van der Waals surface area contributed by atoms with Gasteiger partial charge >= 0.3 is 5.63 Å². The quantitative estimate of drug-likeness (QED) is 0.682. The van der Waals surface area contributed by atoms with Crippen molar-refractivity contribution in [3.05, 3.63) is 39.7 Å². The Labute approximate surface area is 183 Å². The average molecular weight is 428 g/mol. The van der Waals surface area contributed by atoms with Gasteiger partial charge in [-0.2, -0.15) is 0 Å². The minimum absolute atomic E-state index is 0.119. The highest BCUT2D eigenvalue weighted by Crippen LogP contribution is 2.24. The van der Waals surface area contributed by atoms with Crippen molar-refractivity contribution in [2.24, 2.45) is 0 Å². The van der Waals surface area contributed by atoms with Gasteiger partial charge in [-0.3, -0.25) is 9.69 Å². The molecule has 2 aliphatic heterocycles. The van der Waals surface area contributed by atoms with Crippen molar-refractivity contribution in [3.8, 4) is 5.75 Å². The van der Waals surface area contributed by atoms with Crippen molar-refractivity contribution < 1.29 is 13.9 Å². The van der Waals surface area contributed by atoms with E-state index in [0.717, 1.165) is 43.7 Å². The third-order valence-electron chi connectivity index (χ3n) is 6.87. The molecule has 1 atom stereocenters. The predicted molar refractivity (Wildman–Crippen MR) is 121 cm³/mol. The van der Waals surface area contributed by atoms with Crippen molar-refractivity contribution in [3.63, 3.8) is 0 Å². The topological polar surface area (TPSA) is 66.2 Å². The molecule has 1 aromatic heterocycles. The van der Waals surface area contributed by atoms with E-state index in [1.807, 2.05) is 24.0 Å². The lowest BCUT2D eigenvalue weighted by atomic mass is 10.0. The van der Waals surface area contributed by atoms with E-state index >= 15 is 0 Å². The number of carbonyl (C=O) groups excluding carboxylic acids is 1. The molecular formula is C24H33N3O4. The van der Waals surface area contributed by atoms with Crippen LogP contribution in [0.5, 0.6) is 5.75 Å². The molecular weight excluding hydrogens is 394 g/mol. The maximum atomic E-state index is 12.8. The average Bonchev–Trinajstić information content (AvgIpc) is 2.78. The summed E-state index contributed by atoms with van der Waals surface area (Å²) in [5, 5.41) is 0.883. The van der Waals surface area contributed by atoms with Crippen LogP contribution in [-0.4, -0.2) is 80.1 Å². The minimum Gasteiger partial charge on any atom is -0.497 e. The SMILES string of the molecule is COc1ccc2c(C)c(CCC(=O)N3CCN(C4CCCN(C)C4)CC3)c(=O)oc2c1. The van der Waals surface area contributed by atoms with E-state index in [2.05, 4.69) is 16.8 Å². The molecule has 2 fully saturated rings. The van der Waals surface area contributed by atoms with Crippen molar-refractivity contribution in [1.29, 1.82) is 0 Å². The van der Waals surface area contributed by atoms with Crippen LogP contribution in [0.3, 0.4) is 0 Å². The molecule has 1 unspecified atom stereocenters. The Morgan fingerprint density at radius 3 is 2.68 bits per heavy atom. The number of ether oxygens (including phenoxy) is 1. The van der Waals surface area contributed by atoms with Crippen LogP contribution >= 0.6 is 0 Å². The number of hydrogen-bond donors (Lipinski definition) is 0. The third kappa shape index (κ3) is 4.77. The number of benzene rings is 1. The first kappa shape index (κ1) is 21.8. The number of nitrogens with zero attached hydrogens (tertiary/aromatic N) is 3. The zero-order valence-electron chi connectivity index (χ0n) is 18.9. The van der Waals surface area contributed by atoms with Gasteiger partial charge in [-0.15, -0.1) is 0 Å². The molecule has 2 aliphatic rings. The van der Waals surface area contributed by atoms with Crippen molar-refractivity contribution in [2.45, 2.75) is 38.6 Å². The van der Waals surface area contributed by atoms with E-state index in [1.165, 1.54) is 19.4 Å². The summed E-state index contributed by atoms with van der Waals surface area (Å²) >= 11 is 0. The van der Waals surface area contributed by atoms with Gasteiger partial charge in [0, 0.05) is 62.2 Å². The summed E-state index contributed by atoms with van der Waals surface area (Å²) in [7, 11) is 3.77. The number of aryl methyl sites for hydroxylation is 1. The predicted octanol–water partition coefficient (Wildman–Crippen LogP) is 2.28. The van der Waals surface area contributed by atoms with Crippen molar-refractivity contribution >= 4 is 16.9 Å². The second-order valence-corrected chi connectivity index (χ2v) is 8.83. The molecule has 7 heteroatoms. The number of likely N-dealkylation sites (N-methyl/N-ethyl adjacent to an activating group) is 1. The molecule has 0 spiro atoms. The van der Waals surface area contributed by atoms with Crippen molar-refractivity contribution in [1.82, 2.24) is 14.7 Å². The zero-order valence-corrected chi connectivity index (χ0v) is 18.9. The monoisotopic (exact) mass is 427 g/mol. The maximum Gasteiger partial charge on any atom is 0.339 e. The molecule has 0 aliphatic carbocycles. The first-order chi connectivity index (χ1) is 15.0. The second kappa shape index (κ2) is 9.40. The van der Waals surface area contributed by atoms with Gasteiger partial charge in [0.2, 0.25) is 5.91 Å². The normalized spacial score (nSPS) is 20.9. The Bertz CT molecular complexity index is 994. The number of carbonyl (C=O) groups is 1. The second-order valence-electron chi connectivity index (χ2n) is 8.83. The summed E-state index contributed by atoms with van der Waals surface area (Å²) in [6, 6.07) is 6.09. The zero-order chi connectivity index (χ0) is 22.0. The van der Waals surface area contributed by atoms with Crippen LogP contribution in [0.25, 0.3) is 11.0 Å². The molecule has 3 heterocycles. The highest BCUT2D eigenvalue weighted by atomic mass is 16.5. The van der Waals surface area contributed by atoms with E-state index in [4.69, 9.17) is 9.15 Å². The maximum absolute atomic E-state index is 12.8. The van der Waals surface area contributed by atoms with Crippen LogP contribution in [0.15, 0.2) is 27.4 Å². The molecule has 0 bridgehead atoms. The first-order valence-corrected chi connectivity index (χ1v) is 11.3. The van der Waals surface area contributed by atoms with Gasteiger partial charge in [0.1, 0.15) is 11.3 Å². The van der Waals surface area contributed by atoms with Gasteiger partial charge in [0.05, 0.1) is 7.11 Å². The lowest BCUT2D eigenvalue weighted by Gasteiger charge is -2.42. The molecule has 0 N–H and O–H groups in total. The summed E-state index contributed by atoms with van der Waals surface area (Å²) in [5.74, 6) is 0.769. The third-order valence-corrected chi connectivity index (χ3v) is 6.87. The van der Waals surface area contributed by atoms with Crippen LogP contribution in [0, 0.1) is 6.92 Å². The van der Waals surface area contributed by atoms with Crippen LogP contribution in [0.4, 0.5) is 0 Å². The fourth-order valence-corrected chi connectivity index (χ4v) is 4.95. The Balaban J connectivity index is 1.36. The molecule has 0 saturated carbocycles. The summed E-state index contributed by atoms with van der Waals surface area (Å²) in [5.41, 5.74) is 1.63. The molecule has 2 saturated heterocycles. The minimum atomic E-state index is -0.364. The largest absolute Gasteiger partial charge is 0.497 e. The first-order valence-electron chi connectivity index (χ1n) is 11.3. The van der Waals surface area contributed by atoms with Gasteiger partial charge in [-0.25, -0.2) is 4.79 Å². The van der Waals surface area contributed by atoms with Gasteiger partial charge in [-0.05, 0) is 57.5 Å². The van der Waals surface area contributed by atoms with E-state index in [0.29, 0.717) is 35.8 Å². The van der Waals surface area contributed by atoms with E-state index in [-0.39, 0.29) is 11.5 Å². The summed E-state index contributed by atoms with van der Waals surface area (Å²) in [6.07, 6.45) is 3.24. The Hall–Kier alpha value is -2.38. The fourth-order valence-electron chi connectivity index (χ4n) is 4.95. The number of piperazine rings is 1. The smallest absolute Gasteiger partial charge is 0.339 e. The standard InChI is InChI=1S/C24H33N3O4/c1-17-20-7-6-19(30-3)15-22(20)31-24(29)21(17)8-9-23(28)27-13-11-26(12-14-27)18-5-4-10-25(2)16-18/h6-7,15,18H,4-5,8-14,16H2,1-3H3. The van der Waals surface area contributed by atoms with E-state index in [9.17, 15) is 9.59 Å². The Kier molecular flexibility index (Phi) is 6.62. The van der Waals surface area contributed by atoms with E-state index < -0.39 is 0 Å². The molecule has 4 rings (SSSR count).